The molecule has 0 aliphatic heterocycles. The predicted octanol–water partition coefficient (Wildman–Crippen LogP) is 1.53. The summed E-state index contributed by atoms with van der Waals surface area (Å²) >= 11 is 0. The fraction of sp³-hybridized carbons (Fsp3) is 0.562. The quantitative estimate of drug-likeness (QED) is 0.763. The maximum atomic E-state index is 12.4. The third-order valence-electron chi connectivity index (χ3n) is 4.47. The second-order valence-corrected chi connectivity index (χ2v) is 6.12. The van der Waals surface area contributed by atoms with E-state index in [0.29, 0.717) is 6.54 Å². The van der Waals surface area contributed by atoms with Gasteiger partial charge in [-0.05, 0) is 25.3 Å². The molecule has 1 aromatic carbocycles. The minimum atomic E-state index is -1.05. The van der Waals surface area contributed by atoms with Crippen LogP contribution in [-0.4, -0.2) is 24.2 Å². The van der Waals surface area contributed by atoms with Crippen LogP contribution in [0.4, 0.5) is 0 Å². The summed E-state index contributed by atoms with van der Waals surface area (Å²) in [5.41, 5.74) is 5.77. The first-order valence-electron chi connectivity index (χ1n) is 7.24. The van der Waals surface area contributed by atoms with Gasteiger partial charge in [-0.1, -0.05) is 43.2 Å². The number of hydrogen-bond acceptors (Lipinski definition) is 3. The molecule has 0 aromatic heterocycles. The van der Waals surface area contributed by atoms with Crippen LogP contribution in [0, 0.1) is 5.41 Å². The zero-order valence-electron chi connectivity index (χ0n) is 12.1. The molecule has 1 amide bonds. The summed E-state index contributed by atoms with van der Waals surface area (Å²) in [5, 5.41) is 12.5. The van der Waals surface area contributed by atoms with Crippen molar-refractivity contribution >= 4 is 5.91 Å². The van der Waals surface area contributed by atoms with Gasteiger partial charge in [0.1, 0.15) is 5.54 Å². The summed E-state index contributed by atoms with van der Waals surface area (Å²) in [5.74, 6) is -0.191. The first kappa shape index (κ1) is 15.0. The van der Waals surface area contributed by atoms with Gasteiger partial charge in [0.15, 0.2) is 0 Å². The van der Waals surface area contributed by atoms with Gasteiger partial charge in [0.2, 0.25) is 5.91 Å². The van der Waals surface area contributed by atoms with E-state index in [9.17, 15) is 9.90 Å². The van der Waals surface area contributed by atoms with Crippen LogP contribution in [-0.2, 0) is 10.3 Å². The molecule has 0 bridgehead atoms. The van der Waals surface area contributed by atoms with Gasteiger partial charge in [0, 0.05) is 12.0 Å². The molecular weight excluding hydrogens is 252 g/mol. The first-order valence-corrected chi connectivity index (χ1v) is 7.24. The molecule has 1 saturated carbocycles. The van der Waals surface area contributed by atoms with Crippen LogP contribution < -0.4 is 11.1 Å². The highest BCUT2D eigenvalue weighted by atomic mass is 16.3. The Balaban J connectivity index is 2.01. The molecule has 1 aromatic rings. The lowest BCUT2D eigenvalue weighted by Gasteiger charge is -2.30. The minimum Gasteiger partial charge on any atom is -0.396 e. The molecule has 1 aliphatic rings. The van der Waals surface area contributed by atoms with Crippen molar-refractivity contribution in [2.24, 2.45) is 11.1 Å². The van der Waals surface area contributed by atoms with Gasteiger partial charge in [-0.15, -0.1) is 0 Å². The lowest BCUT2D eigenvalue weighted by Crippen LogP contribution is -2.51. The van der Waals surface area contributed by atoms with Gasteiger partial charge >= 0.3 is 0 Å². The molecule has 4 N–H and O–H groups in total. The summed E-state index contributed by atoms with van der Waals surface area (Å²) in [6.07, 6.45) is 4.18. The van der Waals surface area contributed by atoms with Gasteiger partial charge < -0.3 is 16.2 Å². The average molecular weight is 276 g/mol. The summed E-state index contributed by atoms with van der Waals surface area (Å²) in [4.78, 5) is 12.4. The van der Waals surface area contributed by atoms with Crippen molar-refractivity contribution in [2.45, 2.75) is 38.1 Å². The molecule has 1 aliphatic carbocycles. The van der Waals surface area contributed by atoms with Crippen LogP contribution in [0.5, 0.6) is 0 Å². The molecule has 0 heterocycles. The van der Waals surface area contributed by atoms with Gasteiger partial charge in [0.05, 0.1) is 6.61 Å². The fourth-order valence-corrected chi connectivity index (χ4v) is 2.88. The Hall–Kier alpha value is -1.39. The number of carbonyl (C=O) groups excluding carboxylic acids is 1. The molecule has 1 unspecified atom stereocenters. The average Bonchev–Trinajstić information content (AvgIpc) is 2.95. The van der Waals surface area contributed by atoms with E-state index in [-0.39, 0.29) is 17.9 Å². The van der Waals surface area contributed by atoms with Crippen molar-refractivity contribution in [3.8, 4) is 0 Å². The van der Waals surface area contributed by atoms with Crippen molar-refractivity contribution in [2.75, 3.05) is 13.2 Å². The zero-order chi connectivity index (χ0) is 14.6. The van der Waals surface area contributed by atoms with Crippen LogP contribution in [0.15, 0.2) is 30.3 Å². The molecule has 4 heteroatoms. The normalized spacial score (nSPS) is 20.4. The highest BCUT2D eigenvalue weighted by molar-refractivity contribution is 5.87. The smallest absolute Gasteiger partial charge is 0.244 e. The molecule has 2 rings (SSSR count). The van der Waals surface area contributed by atoms with Crippen molar-refractivity contribution in [1.29, 1.82) is 0 Å². The highest BCUT2D eigenvalue weighted by Gasteiger charge is 2.36. The molecule has 0 spiro atoms. The first-order chi connectivity index (χ1) is 9.50. The molecule has 0 saturated heterocycles. The summed E-state index contributed by atoms with van der Waals surface area (Å²) in [6.45, 7) is 2.35. The largest absolute Gasteiger partial charge is 0.396 e. The van der Waals surface area contributed by atoms with Crippen LogP contribution >= 0.6 is 0 Å². The van der Waals surface area contributed by atoms with Gasteiger partial charge in [0.25, 0.3) is 0 Å². The number of hydrogen-bond donors (Lipinski definition) is 3. The number of benzene rings is 1. The Labute approximate surface area is 120 Å². The van der Waals surface area contributed by atoms with E-state index in [2.05, 4.69) is 5.32 Å². The molecule has 1 atom stereocenters. The van der Waals surface area contributed by atoms with Crippen molar-refractivity contribution in [1.82, 2.24) is 5.32 Å². The monoisotopic (exact) mass is 276 g/mol. The molecule has 110 valence electrons. The molecular formula is C16H24N2O2. The van der Waals surface area contributed by atoms with E-state index >= 15 is 0 Å². The van der Waals surface area contributed by atoms with Crippen molar-refractivity contribution in [3.05, 3.63) is 35.9 Å². The predicted molar refractivity (Wildman–Crippen MR) is 79.0 cm³/mol. The third-order valence-corrected chi connectivity index (χ3v) is 4.47. The summed E-state index contributed by atoms with van der Waals surface area (Å²) < 4.78 is 0. The third kappa shape index (κ3) is 3.02. The summed E-state index contributed by atoms with van der Waals surface area (Å²) in [7, 11) is 0. The van der Waals surface area contributed by atoms with Gasteiger partial charge in [-0.25, -0.2) is 0 Å². The van der Waals surface area contributed by atoms with E-state index < -0.39 is 5.54 Å². The Morgan fingerprint density at radius 1 is 1.35 bits per heavy atom. The topological polar surface area (TPSA) is 75.4 Å². The maximum absolute atomic E-state index is 12.4. The Kier molecular flexibility index (Phi) is 4.45. The van der Waals surface area contributed by atoms with Gasteiger partial charge in [-0.3, -0.25) is 4.79 Å². The highest BCUT2D eigenvalue weighted by Crippen LogP contribution is 2.37. The lowest BCUT2D eigenvalue weighted by molar-refractivity contribution is -0.126. The van der Waals surface area contributed by atoms with Crippen LogP contribution in [0.2, 0.25) is 0 Å². The zero-order valence-corrected chi connectivity index (χ0v) is 12.1. The number of nitrogens with one attached hydrogen (secondary N) is 1. The maximum Gasteiger partial charge on any atom is 0.244 e. The Morgan fingerprint density at radius 2 is 1.95 bits per heavy atom. The number of nitrogens with two attached hydrogens (primary N) is 1. The molecule has 20 heavy (non-hydrogen) atoms. The van der Waals surface area contributed by atoms with E-state index in [1.54, 1.807) is 6.92 Å². The fourth-order valence-electron chi connectivity index (χ4n) is 2.88. The second-order valence-electron chi connectivity index (χ2n) is 6.12. The number of amides is 1. The number of aliphatic hydroxyl groups excluding tert-OH is 1. The van der Waals surface area contributed by atoms with Crippen LogP contribution in [0.25, 0.3) is 0 Å². The van der Waals surface area contributed by atoms with E-state index in [4.69, 9.17) is 5.73 Å². The second kappa shape index (κ2) is 5.94. The lowest BCUT2D eigenvalue weighted by atomic mass is 9.86. The van der Waals surface area contributed by atoms with Crippen LogP contribution in [0.3, 0.4) is 0 Å². The number of aliphatic hydroxyl groups is 1. The van der Waals surface area contributed by atoms with Gasteiger partial charge in [-0.2, -0.15) is 0 Å². The molecule has 4 nitrogen and oxygen atoms in total. The number of rotatable bonds is 5. The number of carbonyl (C=O) groups is 1. The van der Waals surface area contributed by atoms with Crippen molar-refractivity contribution in [3.63, 3.8) is 0 Å². The van der Waals surface area contributed by atoms with E-state index in [0.717, 1.165) is 31.2 Å². The SMILES string of the molecule is CC(N)(C(=O)NCC1(CO)CCCC1)c1ccccc1. The Bertz CT molecular complexity index is 451. The van der Waals surface area contributed by atoms with Crippen molar-refractivity contribution < 1.29 is 9.90 Å². The molecule has 1 fully saturated rings. The summed E-state index contributed by atoms with van der Waals surface area (Å²) in [6, 6.07) is 9.37. The minimum absolute atomic E-state index is 0.125. The van der Waals surface area contributed by atoms with E-state index in [1.165, 1.54) is 0 Å². The molecule has 0 radical (unpaired) electrons. The van der Waals surface area contributed by atoms with E-state index in [1.807, 2.05) is 30.3 Å². The standard InChI is InChI=1S/C16H24N2O2/c1-15(17,13-7-3-2-4-8-13)14(20)18-11-16(12-19)9-5-6-10-16/h2-4,7-8,19H,5-6,9-12,17H2,1H3,(H,18,20). The van der Waals surface area contributed by atoms with Crippen LogP contribution in [0.1, 0.15) is 38.2 Å². The Morgan fingerprint density at radius 3 is 2.50 bits per heavy atom.